The topological polar surface area (TPSA) is 67.0 Å². The summed E-state index contributed by atoms with van der Waals surface area (Å²) in [7, 11) is 0. The Morgan fingerprint density at radius 3 is 2.92 bits per heavy atom. The molecule has 26 heavy (non-hydrogen) atoms. The normalized spacial score (nSPS) is 16.6. The summed E-state index contributed by atoms with van der Waals surface area (Å²) in [5, 5.41) is 4.17. The summed E-state index contributed by atoms with van der Waals surface area (Å²) in [6.45, 7) is 2.82. The lowest BCUT2D eigenvalue weighted by molar-refractivity contribution is -0.112. The van der Waals surface area contributed by atoms with E-state index in [4.69, 9.17) is 4.74 Å². The van der Waals surface area contributed by atoms with Gasteiger partial charge in [0.05, 0.1) is 0 Å². The molecule has 5 nitrogen and oxygen atoms in total. The third-order valence-electron chi connectivity index (χ3n) is 4.45. The summed E-state index contributed by atoms with van der Waals surface area (Å²) < 4.78 is 5.71. The van der Waals surface area contributed by atoms with E-state index < -0.39 is 0 Å². The number of hydrogen-bond acceptors (Lipinski definition) is 4. The van der Waals surface area contributed by atoms with Gasteiger partial charge in [-0.1, -0.05) is 37.3 Å². The van der Waals surface area contributed by atoms with Gasteiger partial charge in [0.1, 0.15) is 5.65 Å². The van der Waals surface area contributed by atoms with Gasteiger partial charge < -0.3 is 15.0 Å². The SMILES string of the molecule is CC(CNC1=CC(=O)C(=Cc2c[nH]c3ncccc23)O1)c1ccccc1. The maximum atomic E-state index is 12.2. The average molecular weight is 345 g/mol. The number of ether oxygens (including phenoxy) is 1. The van der Waals surface area contributed by atoms with Crippen LogP contribution in [0.1, 0.15) is 24.0 Å². The number of fused-ring (bicyclic) bond motifs is 1. The number of carbonyl (C=O) groups excluding carboxylic acids is 1. The maximum Gasteiger partial charge on any atom is 0.226 e. The zero-order chi connectivity index (χ0) is 17.9. The predicted molar refractivity (Wildman–Crippen MR) is 101 cm³/mol. The van der Waals surface area contributed by atoms with Gasteiger partial charge in [0, 0.05) is 36.0 Å². The Labute approximate surface area is 151 Å². The summed E-state index contributed by atoms with van der Waals surface area (Å²) >= 11 is 0. The van der Waals surface area contributed by atoms with Crippen LogP contribution >= 0.6 is 0 Å². The van der Waals surface area contributed by atoms with E-state index in [1.165, 1.54) is 11.6 Å². The molecule has 1 unspecified atom stereocenters. The fourth-order valence-corrected chi connectivity index (χ4v) is 2.97. The van der Waals surface area contributed by atoms with E-state index in [1.807, 2.05) is 36.5 Å². The Morgan fingerprint density at radius 2 is 2.08 bits per heavy atom. The molecule has 3 aromatic rings. The minimum absolute atomic E-state index is 0.141. The molecule has 1 aliphatic rings. The number of aromatic nitrogens is 2. The highest BCUT2D eigenvalue weighted by Crippen LogP contribution is 2.23. The summed E-state index contributed by atoms with van der Waals surface area (Å²) in [4.78, 5) is 19.6. The molecule has 1 aliphatic heterocycles. The van der Waals surface area contributed by atoms with Gasteiger partial charge in [-0.05, 0) is 29.7 Å². The van der Waals surface area contributed by atoms with Gasteiger partial charge in [-0.15, -0.1) is 0 Å². The highest BCUT2D eigenvalue weighted by atomic mass is 16.5. The fourth-order valence-electron chi connectivity index (χ4n) is 2.97. The Morgan fingerprint density at radius 1 is 1.23 bits per heavy atom. The minimum atomic E-state index is -0.141. The first-order chi connectivity index (χ1) is 12.7. The van der Waals surface area contributed by atoms with Crippen molar-refractivity contribution in [1.82, 2.24) is 15.3 Å². The Balaban J connectivity index is 1.44. The van der Waals surface area contributed by atoms with Gasteiger partial charge >= 0.3 is 0 Å². The van der Waals surface area contributed by atoms with E-state index in [-0.39, 0.29) is 5.78 Å². The van der Waals surface area contributed by atoms with E-state index >= 15 is 0 Å². The third-order valence-corrected chi connectivity index (χ3v) is 4.45. The van der Waals surface area contributed by atoms with E-state index in [0.717, 1.165) is 16.6 Å². The number of rotatable bonds is 5. The molecule has 0 fully saturated rings. The summed E-state index contributed by atoms with van der Waals surface area (Å²) in [6.07, 6.45) is 6.79. The molecule has 5 heteroatoms. The van der Waals surface area contributed by atoms with Crippen molar-refractivity contribution in [3.63, 3.8) is 0 Å². The molecule has 4 rings (SSSR count). The maximum absolute atomic E-state index is 12.2. The van der Waals surface area contributed by atoms with Crippen LogP contribution in [0.15, 0.2) is 72.6 Å². The third kappa shape index (κ3) is 3.24. The van der Waals surface area contributed by atoms with Crippen LogP contribution < -0.4 is 5.32 Å². The molecule has 1 aromatic carbocycles. The smallest absolute Gasteiger partial charge is 0.226 e. The van der Waals surface area contributed by atoms with Crippen molar-refractivity contribution in [2.24, 2.45) is 0 Å². The number of nitrogens with zero attached hydrogens (tertiary/aromatic N) is 1. The van der Waals surface area contributed by atoms with Crippen molar-refractivity contribution in [2.45, 2.75) is 12.8 Å². The highest BCUT2D eigenvalue weighted by Gasteiger charge is 2.21. The number of benzene rings is 1. The van der Waals surface area contributed by atoms with Crippen LogP contribution in [0, 0.1) is 0 Å². The van der Waals surface area contributed by atoms with Gasteiger partial charge in [-0.2, -0.15) is 0 Å². The highest BCUT2D eigenvalue weighted by molar-refractivity contribution is 6.08. The average Bonchev–Trinajstić information content (AvgIpc) is 3.24. The second-order valence-electron chi connectivity index (χ2n) is 6.32. The molecule has 0 bridgehead atoms. The molecule has 0 spiro atoms. The van der Waals surface area contributed by atoms with E-state index in [2.05, 4.69) is 34.3 Å². The number of carbonyl (C=O) groups is 1. The molecule has 0 radical (unpaired) electrons. The summed E-state index contributed by atoms with van der Waals surface area (Å²) in [6, 6.07) is 14.1. The number of H-pyrrole nitrogens is 1. The number of allylic oxidation sites excluding steroid dienone is 1. The number of aromatic amines is 1. The van der Waals surface area contributed by atoms with Crippen LogP contribution in [0.2, 0.25) is 0 Å². The number of pyridine rings is 1. The molecule has 0 saturated heterocycles. The Bertz CT molecular complexity index is 1000. The molecule has 0 aliphatic carbocycles. The van der Waals surface area contributed by atoms with Crippen LogP contribution in [0.4, 0.5) is 0 Å². The van der Waals surface area contributed by atoms with Crippen molar-refractivity contribution in [3.05, 3.63) is 83.7 Å². The van der Waals surface area contributed by atoms with Crippen LogP contribution in [0.3, 0.4) is 0 Å². The van der Waals surface area contributed by atoms with Crippen LogP contribution in [-0.4, -0.2) is 22.3 Å². The number of hydrogen-bond donors (Lipinski definition) is 2. The Hall–Kier alpha value is -3.34. The lowest BCUT2D eigenvalue weighted by Gasteiger charge is -2.14. The lowest BCUT2D eigenvalue weighted by Crippen LogP contribution is -2.19. The molecular weight excluding hydrogens is 326 g/mol. The molecule has 0 saturated carbocycles. The van der Waals surface area contributed by atoms with Gasteiger partial charge in [0.25, 0.3) is 0 Å². The predicted octanol–water partition coefficient (Wildman–Crippen LogP) is 3.74. The van der Waals surface area contributed by atoms with Crippen molar-refractivity contribution >= 4 is 22.9 Å². The van der Waals surface area contributed by atoms with Crippen molar-refractivity contribution in [1.29, 1.82) is 0 Å². The fraction of sp³-hybridized carbons (Fsp3) is 0.143. The molecule has 2 aromatic heterocycles. The first-order valence-corrected chi connectivity index (χ1v) is 8.57. The molecular formula is C21H19N3O2. The standard InChI is InChI=1S/C21H19N3O2/c1-14(15-6-3-2-4-7-15)12-23-20-11-18(25)19(26-20)10-16-13-24-21-17(16)8-5-9-22-21/h2-11,13-14,23H,12H2,1H3,(H,22,24). The zero-order valence-electron chi connectivity index (χ0n) is 14.4. The van der Waals surface area contributed by atoms with Gasteiger partial charge in [0.2, 0.25) is 5.78 Å². The second-order valence-corrected chi connectivity index (χ2v) is 6.32. The Kier molecular flexibility index (Phi) is 4.27. The van der Waals surface area contributed by atoms with Crippen molar-refractivity contribution in [3.8, 4) is 0 Å². The van der Waals surface area contributed by atoms with Crippen molar-refractivity contribution in [2.75, 3.05) is 6.54 Å². The summed E-state index contributed by atoms with van der Waals surface area (Å²) in [5.74, 6) is 0.966. The number of ketones is 1. The lowest BCUT2D eigenvalue weighted by atomic mass is 10.0. The first-order valence-electron chi connectivity index (χ1n) is 8.57. The van der Waals surface area contributed by atoms with E-state index in [9.17, 15) is 4.79 Å². The molecule has 3 heterocycles. The molecule has 130 valence electrons. The molecule has 2 N–H and O–H groups in total. The van der Waals surface area contributed by atoms with Crippen LogP contribution in [-0.2, 0) is 9.53 Å². The minimum Gasteiger partial charge on any atom is -0.437 e. The van der Waals surface area contributed by atoms with E-state index in [1.54, 1.807) is 12.3 Å². The largest absolute Gasteiger partial charge is 0.437 e. The van der Waals surface area contributed by atoms with Crippen LogP contribution in [0.5, 0.6) is 0 Å². The second kappa shape index (κ2) is 6.88. The quantitative estimate of drug-likeness (QED) is 0.691. The monoisotopic (exact) mass is 345 g/mol. The van der Waals surface area contributed by atoms with Gasteiger partial charge in [-0.3, -0.25) is 4.79 Å². The molecule has 1 atom stereocenters. The van der Waals surface area contributed by atoms with E-state index in [0.29, 0.717) is 24.1 Å². The molecule has 0 amide bonds. The van der Waals surface area contributed by atoms with Crippen LogP contribution in [0.25, 0.3) is 17.1 Å². The van der Waals surface area contributed by atoms with Crippen molar-refractivity contribution < 1.29 is 9.53 Å². The van der Waals surface area contributed by atoms with Gasteiger partial charge in [0.15, 0.2) is 11.6 Å². The first kappa shape index (κ1) is 16.1. The zero-order valence-corrected chi connectivity index (χ0v) is 14.4. The summed E-state index contributed by atoms with van der Waals surface area (Å²) in [5.41, 5.74) is 2.91. The number of nitrogens with one attached hydrogen (secondary N) is 2. The van der Waals surface area contributed by atoms with Gasteiger partial charge in [-0.25, -0.2) is 4.98 Å².